The second-order valence-corrected chi connectivity index (χ2v) is 6.51. The summed E-state index contributed by atoms with van der Waals surface area (Å²) in [6.07, 6.45) is 3.67. The Morgan fingerprint density at radius 2 is 2.08 bits per heavy atom. The molecule has 0 spiro atoms. The predicted molar refractivity (Wildman–Crippen MR) is 101 cm³/mol. The summed E-state index contributed by atoms with van der Waals surface area (Å²) in [6, 6.07) is 10.2. The number of aromatic amines is 1. The molecule has 0 aliphatic carbocycles. The van der Waals surface area contributed by atoms with Gasteiger partial charge in [0, 0.05) is 44.3 Å². The number of rotatable bonds is 4. The van der Waals surface area contributed by atoms with Crippen molar-refractivity contribution in [2.75, 3.05) is 31.5 Å². The van der Waals surface area contributed by atoms with Crippen molar-refractivity contribution in [1.29, 1.82) is 0 Å². The van der Waals surface area contributed by atoms with E-state index in [9.17, 15) is 0 Å². The van der Waals surface area contributed by atoms with Gasteiger partial charge in [-0.2, -0.15) is 4.98 Å². The van der Waals surface area contributed by atoms with Gasteiger partial charge < -0.3 is 15.6 Å². The minimum atomic E-state index is 0.578. The fraction of sp³-hybridized carbons (Fsp3) is 0.278. The number of hydrogen-bond donors (Lipinski definition) is 3. The number of nitrogens with one attached hydrogen (secondary N) is 3. The van der Waals surface area contributed by atoms with Crippen LogP contribution in [0.3, 0.4) is 0 Å². The lowest BCUT2D eigenvalue weighted by molar-refractivity contribution is 0.229. The van der Waals surface area contributed by atoms with Crippen LogP contribution < -0.4 is 10.6 Å². The van der Waals surface area contributed by atoms with Crippen LogP contribution in [0.4, 0.5) is 11.6 Å². The molecule has 1 aliphatic heterocycles. The first-order chi connectivity index (χ1) is 12.8. The summed E-state index contributed by atoms with van der Waals surface area (Å²) in [5, 5.41) is 12.4. The third kappa shape index (κ3) is 2.89. The highest BCUT2D eigenvalue weighted by molar-refractivity contribution is 5.79. The lowest BCUT2D eigenvalue weighted by Crippen LogP contribution is -2.43. The van der Waals surface area contributed by atoms with Gasteiger partial charge in [0.05, 0.1) is 17.6 Å². The maximum atomic E-state index is 4.66. The number of anilines is 2. The number of pyridine rings is 2. The molecular weight excluding hydrogens is 328 g/mol. The maximum Gasteiger partial charge on any atom is 0.247 e. The van der Waals surface area contributed by atoms with Crippen molar-refractivity contribution in [2.45, 2.75) is 6.54 Å². The molecule has 0 amide bonds. The second-order valence-electron chi connectivity index (χ2n) is 6.51. The third-order valence-corrected chi connectivity index (χ3v) is 4.69. The molecule has 0 unspecified atom stereocenters. The monoisotopic (exact) mass is 348 g/mol. The Labute approximate surface area is 150 Å². The molecule has 4 aromatic rings. The molecule has 0 atom stereocenters. The molecule has 3 N–H and O–H groups in total. The lowest BCUT2D eigenvalue weighted by atomic mass is 10.3. The molecule has 132 valence electrons. The van der Waals surface area contributed by atoms with Crippen LogP contribution in [0.1, 0.15) is 5.69 Å². The van der Waals surface area contributed by atoms with Crippen LogP contribution in [0.5, 0.6) is 0 Å². The normalized spacial score (nSPS) is 15.7. The highest BCUT2D eigenvalue weighted by Crippen LogP contribution is 2.19. The molecule has 1 fully saturated rings. The highest BCUT2D eigenvalue weighted by atomic mass is 15.4. The average molecular weight is 348 g/mol. The van der Waals surface area contributed by atoms with E-state index in [1.54, 1.807) is 6.20 Å². The van der Waals surface area contributed by atoms with Gasteiger partial charge in [-0.15, -0.1) is 5.10 Å². The number of H-pyrrole nitrogens is 1. The van der Waals surface area contributed by atoms with Gasteiger partial charge in [-0.1, -0.05) is 6.07 Å². The van der Waals surface area contributed by atoms with Gasteiger partial charge in [-0.05, 0) is 24.3 Å². The van der Waals surface area contributed by atoms with E-state index in [-0.39, 0.29) is 0 Å². The molecule has 8 heteroatoms. The van der Waals surface area contributed by atoms with E-state index in [4.69, 9.17) is 0 Å². The minimum absolute atomic E-state index is 0.578. The van der Waals surface area contributed by atoms with Crippen LogP contribution in [0.25, 0.3) is 16.7 Å². The summed E-state index contributed by atoms with van der Waals surface area (Å²) in [7, 11) is 0. The number of fused-ring (bicyclic) bond motifs is 2. The van der Waals surface area contributed by atoms with E-state index in [1.165, 1.54) is 0 Å². The largest absolute Gasteiger partial charge is 0.346 e. The fourth-order valence-electron chi connectivity index (χ4n) is 3.37. The van der Waals surface area contributed by atoms with Gasteiger partial charge >= 0.3 is 0 Å². The molecule has 0 saturated carbocycles. The molecule has 4 aromatic heterocycles. The Hall–Kier alpha value is -2.97. The Morgan fingerprint density at radius 3 is 3.00 bits per heavy atom. The third-order valence-electron chi connectivity index (χ3n) is 4.69. The summed E-state index contributed by atoms with van der Waals surface area (Å²) in [5.74, 6) is 0.578. The summed E-state index contributed by atoms with van der Waals surface area (Å²) < 4.78 is 1.92. The van der Waals surface area contributed by atoms with Gasteiger partial charge in [0.2, 0.25) is 5.95 Å². The topological polar surface area (TPSA) is 86.2 Å². The van der Waals surface area contributed by atoms with E-state index in [2.05, 4.69) is 41.7 Å². The SMILES string of the molecule is c1cc(CN2CCNCC2)n2nc(Nc3cnc4[nH]ccc4c3)nc2c1. The van der Waals surface area contributed by atoms with Crippen molar-refractivity contribution in [3.8, 4) is 0 Å². The van der Waals surface area contributed by atoms with E-state index in [0.717, 1.165) is 60.8 Å². The Bertz CT molecular complexity index is 1040. The first-order valence-electron chi connectivity index (χ1n) is 8.83. The molecule has 0 bridgehead atoms. The first-order valence-corrected chi connectivity index (χ1v) is 8.83. The summed E-state index contributed by atoms with van der Waals surface area (Å²) in [4.78, 5) is 14.5. The first kappa shape index (κ1) is 15.3. The molecule has 5 rings (SSSR count). The molecule has 0 radical (unpaired) electrons. The molecule has 5 heterocycles. The van der Waals surface area contributed by atoms with E-state index in [0.29, 0.717) is 5.95 Å². The maximum absolute atomic E-state index is 4.66. The molecule has 26 heavy (non-hydrogen) atoms. The molecule has 1 saturated heterocycles. The molecule has 0 aromatic carbocycles. The fourth-order valence-corrected chi connectivity index (χ4v) is 3.37. The average Bonchev–Trinajstić information content (AvgIpc) is 3.29. The Kier molecular flexibility index (Phi) is 3.76. The van der Waals surface area contributed by atoms with Crippen molar-refractivity contribution in [1.82, 2.24) is 34.8 Å². The smallest absolute Gasteiger partial charge is 0.247 e. The van der Waals surface area contributed by atoms with Crippen molar-refractivity contribution in [3.63, 3.8) is 0 Å². The Morgan fingerprint density at radius 1 is 1.15 bits per heavy atom. The standard InChI is InChI=1S/C18H20N8/c1-2-15(12-25-8-6-19-7-9-25)26-16(3-1)23-18(24-26)22-14-10-13-4-5-20-17(13)21-11-14/h1-5,10-11,19H,6-9,12H2,(H,20,21)(H,22,24). The van der Waals surface area contributed by atoms with Crippen LogP contribution in [-0.2, 0) is 6.54 Å². The zero-order valence-corrected chi connectivity index (χ0v) is 14.3. The van der Waals surface area contributed by atoms with Crippen LogP contribution >= 0.6 is 0 Å². The quantitative estimate of drug-likeness (QED) is 0.521. The summed E-state index contributed by atoms with van der Waals surface area (Å²) >= 11 is 0. The molecule has 1 aliphatic rings. The van der Waals surface area contributed by atoms with Crippen LogP contribution in [0.15, 0.2) is 42.7 Å². The van der Waals surface area contributed by atoms with Gasteiger partial charge in [-0.25, -0.2) is 9.50 Å². The number of nitrogens with zero attached hydrogens (tertiary/aromatic N) is 5. The number of hydrogen-bond acceptors (Lipinski definition) is 6. The van der Waals surface area contributed by atoms with Crippen molar-refractivity contribution >= 4 is 28.3 Å². The van der Waals surface area contributed by atoms with E-state index >= 15 is 0 Å². The number of aromatic nitrogens is 5. The second kappa shape index (κ2) is 6.40. The summed E-state index contributed by atoms with van der Waals surface area (Å²) in [5.41, 5.74) is 3.73. The van der Waals surface area contributed by atoms with Crippen molar-refractivity contribution in [3.05, 3.63) is 48.4 Å². The van der Waals surface area contributed by atoms with Crippen LogP contribution in [0.2, 0.25) is 0 Å². The molecular formula is C18H20N8. The van der Waals surface area contributed by atoms with Gasteiger partial charge in [-0.3, -0.25) is 4.90 Å². The highest BCUT2D eigenvalue weighted by Gasteiger charge is 2.13. The molecule has 8 nitrogen and oxygen atoms in total. The van der Waals surface area contributed by atoms with Crippen molar-refractivity contribution in [2.24, 2.45) is 0 Å². The number of piperazine rings is 1. The minimum Gasteiger partial charge on any atom is -0.346 e. The lowest BCUT2D eigenvalue weighted by Gasteiger charge is -2.27. The van der Waals surface area contributed by atoms with Gasteiger partial charge in [0.1, 0.15) is 5.65 Å². The van der Waals surface area contributed by atoms with Gasteiger partial charge in [0.15, 0.2) is 5.65 Å². The van der Waals surface area contributed by atoms with E-state index in [1.807, 2.05) is 35.0 Å². The predicted octanol–water partition coefficient (Wildman–Crippen LogP) is 1.75. The van der Waals surface area contributed by atoms with Crippen LogP contribution in [0, 0.1) is 0 Å². The zero-order valence-electron chi connectivity index (χ0n) is 14.3. The van der Waals surface area contributed by atoms with Crippen molar-refractivity contribution < 1.29 is 0 Å². The van der Waals surface area contributed by atoms with E-state index < -0.39 is 0 Å². The van der Waals surface area contributed by atoms with Gasteiger partial charge in [0.25, 0.3) is 0 Å². The Balaban J connectivity index is 1.42. The summed E-state index contributed by atoms with van der Waals surface area (Å²) in [6.45, 7) is 5.05. The van der Waals surface area contributed by atoms with Crippen LogP contribution in [-0.4, -0.2) is 55.6 Å². The zero-order chi connectivity index (χ0) is 17.3.